The van der Waals surface area contributed by atoms with Crippen molar-refractivity contribution in [1.82, 2.24) is 10.0 Å². The first-order valence-electron chi connectivity index (χ1n) is 5.57. The van der Waals surface area contributed by atoms with Gasteiger partial charge in [-0.25, -0.2) is 26.7 Å². The van der Waals surface area contributed by atoms with Gasteiger partial charge < -0.3 is 10.1 Å². The molecule has 1 fully saturated rings. The van der Waals surface area contributed by atoms with E-state index in [1.807, 2.05) is 0 Å². The topological polar surface area (TPSA) is 128 Å². The van der Waals surface area contributed by atoms with Crippen LogP contribution in [0.3, 0.4) is 0 Å². The van der Waals surface area contributed by atoms with Gasteiger partial charge in [0.15, 0.2) is 5.08 Å². The molecule has 8 nitrogen and oxygen atoms in total. The Kier molecular flexibility index (Phi) is 5.95. The number of primary sulfonamides is 1. The van der Waals surface area contributed by atoms with Crippen LogP contribution >= 0.6 is 0 Å². The maximum Gasteiger partial charge on any atom is 0.227 e. The lowest BCUT2D eigenvalue weighted by atomic mass is 10.1. The van der Waals surface area contributed by atoms with Crippen LogP contribution in [0.5, 0.6) is 0 Å². The fourth-order valence-electron chi connectivity index (χ4n) is 1.64. The van der Waals surface area contributed by atoms with Crippen LogP contribution in [0.25, 0.3) is 0 Å². The number of hydrogen-bond donors (Lipinski definition) is 3. The largest absolute Gasteiger partial charge is 0.379 e. The minimum atomic E-state index is -4.02. The number of morpholine rings is 1. The molecule has 1 unspecified atom stereocenters. The van der Waals surface area contributed by atoms with Crippen LogP contribution in [0.1, 0.15) is 12.8 Å². The van der Waals surface area contributed by atoms with Gasteiger partial charge in [0.05, 0.1) is 13.2 Å². The zero-order valence-electron chi connectivity index (χ0n) is 9.96. The van der Waals surface area contributed by atoms with E-state index >= 15 is 0 Å². The van der Waals surface area contributed by atoms with Crippen molar-refractivity contribution in [1.29, 1.82) is 0 Å². The summed E-state index contributed by atoms with van der Waals surface area (Å²) in [5, 5.41) is 6.83. The van der Waals surface area contributed by atoms with Gasteiger partial charge in [0.1, 0.15) is 0 Å². The first kappa shape index (κ1) is 15.8. The Morgan fingerprint density at radius 2 is 2.06 bits per heavy atom. The summed E-state index contributed by atoms with van der Waals surface area (Å²) in [4.78, 5) is 0. The summed E-state index contributed by atoms with van der Waals surface area (Å²) >= 11 is 0. The van der Waals surface area contributed by atoms with Gasteiger partial charge in [0, 0.05) is 19.1 Å². The van der Waals surface area contributed by atoms with Crippen LogP contribution in [0.4, 0.5) is 0 Å². The van der Waals surface area contributed by atoms with Crippen molar-refractivity contribution in [2.45, 2.75) is 18.9 Å². The molecule has 4 N–H and O–H groups in total. The first-order valence-corrected chi connectivity index (χ1v) is 8.94. The number of nitrogens with two attached hydrogens (primary N) is 1. The molecular weight excluding hydrogens is 282 g/mol. The van der Waals surface area contributed by atoms with E-state index in [2.05, 4.69) is 15.2 Å². The number of rotatable bonds is 7. The van der Waals surface area contributed by atoms with Crippen molar-refractivity contribution in [3.8, 4) is 0 Å². The third-order valence-corrected chi connectivity index (χ3v) is 5.57. The molecule has 1 aliphatic rings. The summed E-state index contributed by atoms with van der Waals surface area (Å²) in [5.74, 6) is 0. The Morgan fingerprint density at radius 1 is 1.33 bits per heavy atom. The lowest BCUT2D eigenvalue weighted by Crippen LogP contribution is -2.41. The predicted molar refractivity (Wildman–Crippen MR) is 66.7 cm³/mol. The van der Waals surface area contributed by atoms with Crippen molar-refractivity contribution in [3.63, 3.8) is 0 Å². The van der Waals surface area contributed by atoms with Gasteiger partial charge in [-0.1, -0.05) is 0 Å². The second kappa shape index (κ2) is 6.78. The molecule has 0 aromatic heterocycles. The molecule has 0 radical (unpaired) electrons. The smallest absolute Gasteiger partial charge is 0.227 e. The Hall–Kier alpha value is -0.260. The summed E-state index contributed by atoms with van der Waals surface area (Å²) in [7, 11) is -7.88. The highest BCUT2D eigenvalue weighted by Crippen LogP contribution is 2.01. The van der Waals surface area contributed by atoms with E-state index in [1.54, 1.807) is 0 Å². The van der Waals surface area contributed by atoms with Crippen LogP contribution in [0.15, 0.2) is 0 Å². The molecule has 1 saturated heterocycles. The summed E-state index contributed by atoms with van der Waals surface area (Å²) < 4.78 is 51.3. The second-order valence-corrected chi connectivity index (χ2v) is 7.94. The SMILES string of the molecule is NS(=O)(=O)CS(=O)(=O)NCCCC1COCCN1. The van der Waals surface area contributed by atoms with E-state index in [1.165, 1.54) is 0 Å². The quantitative estimate of drug-likeness (QED) is 0.463. The van der Waals surface area contributed by atoms with Crippen molar-refractivity contribution in [2.24, 2.45) is 5.14 Å². The minimum absolute atomic E-state index is 0.191. The first-order chi connectivity index (χ1) is 8.29. The van der Waals surface area contributed by atoms with Crippen LogP contribution in [0, 0.1) is 0 Å². The predicted octanol–water partition coefficient (Wildman–Crippen LogP) is -2.08. The average molecular weight is 301 g/mol. The Balaban J connectivity index is 2.20. The fraction of sp³-hybridized carbons (Fsp3) is 1.00. The van der Waals surface area contributed by atoms with Gasteiger partial charge in [0.2, 0.25) is 20.0 Å². The standard InChI is InChI=1S/C8H19N3O5S2/c9-17(12,13)7-18(14,15)11-3-1-2-8-6-16-5-4-10-8/h8,10-11H,1-7H2,(H2,9,12,13). The molecule has 0 amide bonds. The molecule has 1 atom stereocenters. The molecule has 1 rings (SSSR count). The molecule has 0 bridgehead atoms. The minimum Gasteiger partial charge on any atom is -0.379 e. The number of ether oxygens (including phenoxy) is 1. The lowest BCUT2D eigenvalue weighted by Gasteiger charge is -2.23. The molecule has 108 valence electrons. The van der Waals surface area contributed by atoms with Crippen LogP contribution in [-0.2, 0) is 24.8 Å². The number of sulfonamides is 2. The third kappa shape index (κ3) is 7.24. The lowest BCUT2D eigenvalue weighted by molar-refractivity contribution is 0.0737. The highest BCUT2D eigenvalue weighted by atomic mass is 32.3. The Morgan fingerprint density at radius 3 is 2.61 bits per heavy atom. The summed E-state index contributed by atoms with van der Waals surface area (Å²) in [6.07, 6.45) is 1.36. The molecule has 0 aromatic carbocycles. The molecule has 0 aromatic rings. The van der Waals surface area contributed by atoms with Gasteiger partial charge in [-0.3, -0.25) is 0 Å². The van der Waals surface area contributed by atoms with Gasteiger partial charge in [-0.05, 0) is 12.8 Å². The van der Waals surface area contributed by atoms with Gasteiger partial charge in [-0.2, -0.15) is 0 Å². The van der Waals surface area contributed by atoms with Gasteiger partial charge in [0.25, 0.3) is 0 Å². The third-order valence-electron chi connectivity index (χ3n) is 2.37. The van der Waals surface area contributed by atoms with Crippen molar-refractivity contribution >= 4 is 20.0 Å². The van der Waals surface area contributed by atoms with Crippen molar-refractivity contribution in [2.75, 3.05) is 31.4 Å². The average Bonchev–Trinajstić information content (AvgIpc) is 2.23. The zero-order chi connectivity index (χ0) is 13.6. The monoisotopic (exact) mass is 301 g/mol. The highest BCUT2D eigenvalue weighted by Gasteiger charge is 2.18. The summed E-state index contributed by atoms with van der Waals surface area (Å²) in [6, 6.07) is 0.224. The maximum absolute atomic E-state index is 11.3. The normalized spacial score (nSPS) is 21.9. The van der Waals surface area contributed by atoms with E-state index < -0.39 is 25.1 Å². The molecule has 1 heterocycles. The highest BCUT2D eigenvalue weighted by molar-refractivity contribution is 8.06. The van der Waals surface area contributed by atoms with E-state index in [-0.39, 0.29) is 12.6 Å². The molecule has 0 aliphatic carbocycles. The van der Waals surface area contributed by atoms with Crippen LogP contribution in [0.2, 0.25) is 0 Å². The van der Waals surface area contributed by atoms with Crippen molar-refractivity contribution in [3.05, 3.63) is 0 Å². The van der Waals surface area contributed by atoms with Gasteiger partial charge >= 0.3 is 0 Å². The Bertz CT molecular complexity index is 441. The number of hydrogen-bond acceptors (Lipinski definition) is 6. The van der Waals surface area contributed by atoms with Gasteiger partial charge in [-0.15, -0.1) is 0 Å². The number of nitrogens with one attached hydrogen (secondary N) is 2. The van der Waals surface area contributed by atoms with E-state index in [0.29, 0.717) is 19.6 Å². The molecule has 1 aliphatic heterocycles. The molecular formula is C8H19N3O5S2. The Labute approximate surface area is 107 Å². The van der Waals surface area contributed by atoms with E-state index in [4.69, 9.17) is 4.74 Å². The molecule has 0 saturated carbocycles. The molecule has 18 heavy (non-hydrogen) atoms. The van der Waals surface area contributed by atoms with E-state index in [9.17, 15) is 16.8 Å². The molecule has 0 spiro atoms. The zero-order valence-corrected chi connectivity index (χ0v) is 11.6. The summed E-state index contributed by atoms with van der Waals surface area (Å²) in [6.45, 7) is 2.29. The van der Waals surface area contributed by atoms with Crippen LogP contribution < -0.4 is 15.2 Å². The second-order valence-electron chi connectivity index (χ2n) is 4.16. The van der Waals surface area contributed by atoms with Crippen molar-refractivity contribution < 1.29 is 21.6 Å². The summed E-state index contributed by atoms with van der Waals surface area (Å²) in [5.41, 5.74) is 0. The molecule has 10 heteroatoms. The van der Waals surface area contributed by atoms with Crippen LogP contribution in [-0.4, -0.2) is 54.3 Å². The maximum atomic E-state index is 11.3. The fourth-order valence-corrected chi connectivity index (χ4v) is 4.16. The van der Waals surface area contributed by atoms with E-state index in [0.717, 1.165) is 13.0 Å².